The first-order valence-electron chi connectivity index (χ1n) is 14.6. The van der Waals surface area contributed by atoms with Crippen LogP contribution in [0.5, 0.6) is 5.75 Å². The van der Waals surface area contributed by atoms with Gasteiger partial charge in [-0.05, 0) is 39.5 Å². The molecule has 0 aromatic heterocycles. The van der Waals surface area contributed by atoms with E-state index in [4.69, 9.17) is 23.4 Å². The number of ether oxygens (including phenoxy) is 4. The van der Waals surface area contributed by atoms with Crippen LogP contribution in [-0.2, 0) is 25.2 Å². The Morgan fingerprint density at radius 3 is 2.02 bits per heavy atom. The van der Waals surface area contributed by atoms with Crippen molar-refractivity contribution in [3.8, 4) is 5.75 Å². The molecule has 1 heterocycles. The van der Waals surface area contributed by atoms with E-state index in [0.29, 0.717) is 26.2 Å². The molecule has 222 valence electrons. The summed E-state index contributed by atoms with van der Waals surface area (Å²) in [6, 6.07) is 28.9. The van der Waals surface area contributed by atoms with Crippen LogP contribution in [0.1, 0.15) is 46.6 Å². The molecule has 1 saturated heterocycles. The first-order valence-corrected chi connectivity index (χ1v) is 16.5. The number of methoxy groups -OCH3 is 1. The molecule has 0 bridgehead atoms. The van der Waals surface area contributed by atoms with Gasteiger partial charge in [-0.2, -0.15) is 0 Å². The maximum Gasteiger partial charge on any atom is 0.272 e. The molecule has 3 aromatic rings. The molecule has 1 aliphatic rings. The highest BCUT2D eigenvalue weighted by atomic mass is 28.4. The fourth-order valence-electron chi connectivity index (χ4n) is 5.75. The van der Waals surface area contributed by atoms with Gasteiger partial charge in [0.05, 0.1) is 32.5 Å². The fraction of sp³-hybridized carbons (Fsp3) is 0.471. The molecule has 0 spiro atoms. The van der Waals surface area contributed by atoms with Gasteiger partial charge >= 0.3 is 0 Å². The van der Waals surface area contributed by atoms with E-state index in [1.54, 1.807) is 7.11 Å². The van der Waals surface area contributed by atoms with Crippen molar-refractivity contribution in [1.82, 2.24) is 0 Å². The van der Waals surface area contributed by atoms with Crippen molar-refractivity contribution in [2.45, 2.75) is 71.4 Å². The van der Waals surface area contributed by atoms with Crippen LogP contribution in [0.2, 0.25) is 5.04 Å². The van der Waals surface area contributed by atoms with Gasteiger partial charge in [0, 0.05) is 18.4 Å². The summed E-state index contributed by atoms with van der Waals surface area (Å²) in [7, 11) is -1.04. The third-order valence-electron chi connectivity index (χ3n) is 8.18. The molecular formula is C34H46O6Si. The average molecular weight is 579 g/mol. The summed E-state index contributed by atoms with van der Waals surface area (Å²) >= 11 is 0. The van der Waals surface area contributed by atoms with Crippen molar-refractivity contribution in [2.75, 3.05) is 20.3 Å². The normalized spacial score (nSPS) is 20.3. The van der Waals surface area contributed by atoms with Gasteiger partial charge in [0.2, 0.25) is 0 Å². The van der Waals surface area contributed by atoms with E-state index in [1.807, 2.05) is 43.3 Å². The topological polar surface area (TPSA) is 66.4 Å². The second kappa shape index (κ2) is 14.1. The Morgan fingerprint density at radius 1 is 0.902 bits per heavy atom. The summed E-state index contributed by atoms with van der Waals surface area (Å²) in [6.45, 7) is 11.5. The third-order valence-corrected chi connectivity index (χ3v) is 13.2. The number of benzene rings is 3. The lowest BCUT2D eigenvalue weighted by molar-refractivity contribution is -0.343. The van der Waals surface area contributed by atoms with Crippen molar-refractivity contribution in [2.24, 2.45) is 11.8 Å². The second-order valence-corrected chi connectivity index (χ2v) is 16.4. The number of hydrogen-bond acceptors (Lipinski definition) is 6. The van der Waals surface area contributed by atoms with Gasteiger partial charge in [-0.15, -0.1) is 0 Å². The van der Waals surface area contributed by atoms with E-state index in [-0.39, 0.29) is 23.0 Å². The Bertz CT molecular complexity index is 1140. The van der Waals surface area contributed by atoms with E-state index in [2.05, 4.69) is 76.2 Å². The van der Waals surface area contributed by atoms with E-state index in [0.717, 1.165) is 11.3 Å². The van der Waals surface area contributed by atoms with Crippen molar-refractivity contribution in [1.29, 1.82) is 0 Å². The molecule has 5 atom stereocenters. The molecule has 0 saturated carbocycles. The van der Waals surface area contributed by atoms with Crippen molar-refractivity contribution in [3.05, 3.63) is 90.5 Å². The zero-order valence-electron chi connectivity index (χ0n) is 25.3. The Hall–Kier alpha value is -2.52. The summed E-state index contributed by atoms with van der Waals surface area (Å²) in [5.74, 6) is 0.579. The Kier molecular flexibility index (Phi) is 10.8. The zero-order chi connectivity index (χ0) is 29.5. The minimum absolute atomic E-state index is 0.100. The van der Waals surface area contributed by atoms with Gasteiger partial charge in [-0.25, -0.2) is 0 Å². The number of aliphatic hydroxyl groups excluding tert-OH is 1. The molecule has 6 nitrogen and oxygen atoms in total. The van der Waals surface area contributed by atoms with Crippen molar-refractivity contribution >= 4 is 18.7 Å². The minimum atomic E-state index is -2.68. The molecule has 4 rings (SSSR count). The van der Waals surface area contributed by atoms with E-state index < -0.39 is 20.9 Å². The maximum atomic E-state index is 11.5. The first-order chi connectivity index (χ1) is 19.7. The SMILES string of the molecule is COc1ccc(COC2OCC[C@H]([C@H](C)[C@H](O)[C@@H](C)CO[Si](c3ccccc3)(c3ccccc3)C(C)(C)C)O2)cc1. The van der Waals surface area contributed by atoms with Gasteiger partial charge in [0.15, 0.2) is 0 Å². The molecule has 1 N–H and O–H groups in total. The monoisotopic (exact) mass is 578 g/mol. The molecule has 1 fully saturated rings. The fourth-order valence-corrected chi connectivity index (χ4v) is 10.4. The molecule has 1 aliphatic heterocycles. The van der Waals surface area contributed by atoms with Gasteiger partial charge in [-0.3, -0.25) is 0 Å². The van der Waals surface area contributed by atoms with Gasteiger partial charge in [0.25, 0.3) is 14.8 Å². The van der Waals surface area contributed by atoms with Crippen LogP contribution in [0.4, 0.5) is 0 Å². The zero-order valence-corrected chi connectivity index (χ0v) is 26.3. The standard InChI is InChI=1S/C34H46O6Si/c1-25(23-39-41(34(3,4)5,29-13-9-7-10-14-29)30-15-11-8-12-16-30)32(35)26(2)31-21-22-37-33(40-31)38-24-27-17-19-28(36-6)20-18-27/h7-20,25-26,31-33,35H,21-24H2,1-6H3/t25-,26-,31+,32+,33?/m0/s1. The summed E-state index contributed by atoms with van der Waals surface area (Å²) in [6.07, 6.45) is -0.100. The molecule has 7 heteroatoms. The molecular weight excluding hydrogens is 532 g/mol. The smallest absolute Gasteiger partial charge is 0.272 e. The third kappa shape index (κ3) is 7.47. The Labute approximate surface area is 246 Å². The van der Waals surface area contributed by atoms with Crippen molar-refractivity contribution < 1.29 is 28.5 Å². The number of hydrogen-bond donors (Lipinski definition) is 1. The van der Waals surface area contributed by atoms with Crippen LogP contribution in [0, 0.1) is 11.8 Å². The lowest BCUT2D eigenvalue weighted by Gasteiger charge is -2.44. The Morgan fingerprint density at radius 2 is 1.49 bits per heavy atom. The summed E-state index contributed by atoms with van der Waals surface area (Å²) < 4.78 is 30.1. The van der Waals surface area contributed by atoms with Crippen LogP contribution < -0.4 is 15.1 Å². The van der Waals surface area contributed by atoms with Crippen LogP contribution in [0.25, 0.3) is 0 Å². The van der Waals surface area contributed by atoms with Gasteiger partial charge in [-0.1, -0.05) is 107 Å². The van der Waals surface area contributed by atoms with E-state index in [1.165, 1.54) is 10.4 Å². The highest BCUT2D eigenvalue weighted by Crippen LogP contribution is 2.37. The largest absolute Gasteiger partial charge is 0.497 e. The maximum absolute atomic E-state index is 11.5. The van der Waals surface area contributed by atoms with Gasteiger partial charge < -0.3 is 28.5 Å². The van der Waals surface area contributed by atoms with E-state index >= 15 is 0 Å². The highest BCUT2D eigenvalue weighted by Gasteiger charge is 2.50. The number of rotatable bonds is 12. The minimum Gasteiger partial charge on any atom is -0.497 e. The number of aliphatic hydroxyl groups is 1. The van der Waals surface area contributed by atoms with Gasteiger partial charge in [0.1, 0.15) is 5.75 Å². The lowest BCUT2D eigenvalue weighted by atomic mass is 9.88. The molecule has 41 heavy (non-hydrogen) atoms. The van der Waals surface area contributed by atoms with Crippen molar-refractivity contribution in [3.63, 3.8) is 0 Å². The summed E-state index contributed by atoms with van der Waals surface area (Å²) in [5, 5.41) is 13.8. The predicted molar refractivity (Wildman–Crippen MR) is 165 cm³/mol. The van der Waals surface area contributed by atoms with Crippen LogP contribution in [0.15, 0.2) is 84.9 Å². The molecule has 3 aromatic carbocycles. The molecule has 0 amide bonds. The Balaban J connectivity index is 1.42. The molecule has 0 radical (unpaired) electrons. The lowest BCUT2D eigenvalue weighted by Crippen LogP contribution is -2.67. The summed E-state index contributed by atoms with van der Waals surface area (Å²) in [5.41, 5.74) is 1.00. The predicted octanol–water partition coefficient (Wildman–Crippen LogP) is 5.51. The first kappa shape index (κ1) is 31.4. The average Bonchev–Trinajstić information content (AvgIpc) is 3.00. The molecule has 1 unspecified atom stereocenters. The quantitative estimate of drug-likeness (QED) is 0.286. The highest BCUT2D eigenvalue weighted by molar-refractivity contribution is 6.99. The van der Waals surface area contributed by atoms with Crippen LogP contribution in [-0.4, -0.2) is 52.4 Å². The molecule has 0 aliphatic carbocycles. The summed E-state index contributed by atoms with van der Waals surface area (Å²) in [4.78, 5) is 0. The van der Waals surface area contributed by atoms with E-state index in [9.17, 15) is 5.11 Å². The van der Waals surface area contributed by atoms with Crippen LogP contribution in [0.3, 0.4) is 0 Å². The second-order valence-electron chi connectivity index (χ2n) is 12.1. The van der Waals surface area contributed by atoms with Crippen LogP contribution >= 0.6 is 0 Å².